The Balaban J connectivity index is 2.37. The molecule has 0 unspecified atom stereocenters. The maximum Gasteiger partial charge on any atom is 0.329 e. The van der Waals surface area contributed by atoms with Crippen LogP contribution < -0.4 is 64.2 Å². The highest BCUT2D eigenvalue weighted by Gasteiger charge is 2.40. The Morgan fingerprint density at radius 3 is 1.54 bits per heavy atom. The van der Waals surface area contributed by atoms with E-state index in [4.69, 9.17) is 10.5 Å². The number of aliphatic hydroxyl groups excluding tert-OH is 2. The third-order valence-corrected chi connectivity index (χ3v) is 14.6. The van der Waals surface area contributed by atoms with Gasteiger partial charge in [0.2, 0.25) is 65.0 Å². The first-order valence-corrected chi connectivity index (χ1v) is 27.6. The quantitative estimate of drug-likeness (QED) is 0.0336. The topological polar surface area (TPSA) is 413 Å². The number of nitrogens with one attached hydrogen (secondary N) is 11. The van der Waals surface area contributed by atoms with Crippen LogP contribution in [0.5, 0.6) is 0 Å². The summed E-state index contributed by atoms with van der Waals surface area (Å²) in [6.45, 7) is 13.6. The van der Waals surface area contributed by atoms with Crippen LogP contribution in [0.4, 0.5) is 0 Å². The molecule has 1 aliphatic rings. The molecule has 0 bridgehead atoms. The normalized spacial score (nSPS) is 21.0. The van der Waals surface area contributed by atoms with Crippen LogP contribution in [0.25, 0.3) is 0 Å². The minimum atomic E-state index is -1.79. The second kappa shape index (κ2) is 34.8. The Morgan fingerprint density at radius 2 is 1.07 bits per heavy atom. The molecule has 27 nitrogen and oxygen atoms in total. The summed E-state index contributed by atoms with van der Waals surface area (Å²) in [7, 11) is 1.60. The van der Waals surface area contributed by atoms with Gasteiger partial charge in [-0.15, -0.1) is 0 Å². The number of amides is 11. The lowest BCUT2D eigenvalue weighted by molar-refractivity contribution is -0.157. The van der Waals surface area contributed by atoms with Crippen LogP contribution in [0.15, 0.2) is 30.3 Å². The average Bonchev–Trinajstić information content (AvgIpc) is 3.45. The fourth-order valence-corrected chi connectivity index (χ4v) is 8.33. The fraction of sp³-hybridized carbons (Fsp3) is 0.667. The van der Waals surface area contributed by atoms with Gasteiger partial charge in [0.25, 0.3) is 0 Å². The largest absolute Gasteiger partial charge is 0.458 e. The predicted octanol–water partition coefficient (Wildman–Crippen LogP) is -3.30. The smallest absolute Gasteiger partial charge is 0.329 e. The van der Waals surface area contributed by atoms with E-state index in [9.17, 15) is 67.7 Å². The van der Waals surface area contributed by atoms with Crippen molar-refractivity contribution >= 4 is 70.9 Å². The van der Waals surface area contributed by atoms with Crippen LogP contribution in [-0.4, -0.2) is 174 Å². The van der Waals surface area contributed by atoms with Crippen molar-refractivity contribution in [2.45, 2.75) is 181 Å². The van der Waals surface area contributed by atoms with Gasteiger partial charge in [0.1, 0.15) is 60.5 Å². The standard InChI is InChI=1S/C54H88N12O15/c1-12-27(5)40(64-47(73)35(56-11)23-33-19-17-16-18-20-33)50(76)60-36(25-67)48(74)59-34(21-22-38(55)69)46(72)63-42(29(7)14-3)52(78)65-41(28(6)13-2)51(77)61-37(26-68)49(75)66-44-32(10)81-54(80)43(30(8)15-4)62-39(70)24-57-45(71)31(9)58-53(44)79/h16-20,27-32,34-37,40-44,56,67-68H,12-15,21-26H2,1-11H3,(H2,55,69)(H,57,71)(H,58,79)(H,59,74)(H,60,76)(H,61,77)(H,62,70)(H,63,72)(H,64,73)(H,65,78)(H,66,75)/t27-,28-,29+,30-,31-,32-,34+,35+,36-,37-,40-,41-,42+,43-,44+/m0/s1. The number of hydrogen-bond acceptors (Lipinski definition) is 16. The summed E-state index contributed by atoms with van der Waals surface area (Å²) in [6.07, 6.45) is -0.608. The molecule has 0 radical (unpaired) electrons. The Hall–Kier alpha value is -7.26. The van der Waals surface area contributed by atoms with E-state index in [0.29, 0.717) is 19.3 Å². The van der Waals surface area contributed by atoms with Gasteiger partial charge in [0.15, 0.2) is 0 Å². The van der Waals surface area contributed by atoms with Crippen molar-refractivity contribution in [2.75, 3.05) is 26.8 Å². The molecule has 454 valence electrons. The van der Waals surface area contributed by atoms with Crippen LogP contribution in [0.2, 0.25) is 0 Å². The lowest BCUT2D eigenvalue weighted by atomic mass is 9.94. The molecule has 1 aromatic carbocycles. The number of carbonyl (C=O) groups excluding carboxylic acids is 12. The number of aliphatic hydroxyl groups is 2. The van der Waals surface area contributed by atoms with Gasteiger partial charge in [-0.05, 0) is 63.0 Å². The van der Waals surface area contributed by atoms with E-state index >= 15 is 0 Å². The molecule has 1 aromatic rings. The molecule has 1 heterocycles. The molecule has 0 saturated carbocycles. The van der Waals surface area contributed by atoms with Crippen LogP contribution in [0, 0.1) is 23.7 Å². The Kier molecular flexibility index (Phi) is 30.0. The predicted molar refractivity (Wildman–Crippen MR) is 295 cm³/mol. The Labute approximate surface area is 473 Å². The number of benzene rings is 1. The van der Waals surface area contributed by atoms with Gasteiger partial charge in [-0.1, -0.05) is 111 Å². The number of nitrogens with two attached hydrogens (primary N) is 1. The summed E-state index contributed by atoms with van der Waals surface area (Å²) < 4.78 is 5.59. The highest BCUT2D eigenvalue weighted by atomic mass is 16.5. The first-order valence-electron chi connectivity index (χ1n) is 27.6. The summed E-state index contributed by atoms with van der Waals surface area (Å²) >= 11 is 0. The van der Waals surface area contributed by atoms with E-state index in [2.05, 4.69) is 58.5 Å². The SMILES string of the molecule is CC[C@@H](C)[C@@H](NC(=O)[C@@H](CCC(N)=O)NC(=O)[C@H](CO)NC(=O)[C@@H](NC(=O)[C@@H](Cc1ccccc1)NC)[C@@H](C)CC)C(=O)N[C@H](C(=O)N[C@@H](CO)C(=O)N[C@H]1C(=O)N[C@@H](C)C(=O)NCC(=O)N[C@@H]([C@@H](C)CC)C(=O)O[C@H]1C)[C@@H](C)CC. The van der Waals surface area contributed by atoms with Crippen molar-refractivity contribution in [3.63, 3.8) is 0 Å². The van der Waals surface area contributed by atoms with Gasteiger partial charge in [0, 0.05) is 6.42 Å². The Morgan fingerprint density at radius 1 is 0.617 bits per heavy atom. The Bertz CT molecular complexity index is 2330. The molecule has 0 aliphatic carbocycles. The number of primary amides is 1. The molecular weight excluding hydrogens is 1060 g/mol. The van der Waals surface area contributed by atoms with Crippen molar-refractivity contribution in [2.24, 2.45) is 29.4 Å². The van der Waals surface area contributed by atoms with E-state index in [1.165, 1.54) is 13.8 Å². The number of ether oxygens (including phenoxy) is 1. The molecule has 2 rings (SSSR count). The van der Waals surface area contributed by atoms with E-state index in [1.54, 1.807) is 62.4 Å². The first-order chi connectivity index (χ1) is 38.2. The van der Waals surface area contributed by atoms with E-state index < -0.39 is 194 Å². The van der Waals surface area contributed by atoms with Gasteiger partial charge in [-0.3, -0.25) is 52.7 Å². The van der Waals surface area contributed by atoms with E-state index in [-0.39, 0.29) is 12.8 Å². The molecule has 81 heavy (non-hydrogen) atoms. The third kappa shape index (κ3) is 22.0. The maximum absolute atomic E-state index is 14.3. The zero-order valence-corrected chi connectivity index (χ0v) is 48.4. The molecule has 0 aromatic heterocycles. The summed E-state index contributed by atoms with van der Waals surface area (Å²) in [5.74, 6) is -12.9. The molecule has 15 N–H and O–H groups in total. The summed E-state index contributed by atoms with van der Waals surface area (Å²) in [5.41, 5.74) is 6.29. The number of cyclic esters (lactones) is 1. The van der Waals surface area contributed by atoms with Crippen molar-refractivity contribution in [1.29, 1.82) is 0 Å². The van der Waals surface area contributed by atoms with Crippen LogP contribution in [-0.2, 0) is 68.7 Å². The van der Waals surface area contributed by atoms with E-state index in [0.717, 1.165) is 5.56 Å². The first kappa shape index (κ1) is 69.8. The minimum absolute atomic E-state index is 0.267. The van der Waals surface area contributed by atoms with Gasteiger partial charge in [0.05, 0.1) is 25.8 Å². The van der Waals surface area contributed by atoms with Gasteiger partial charge in [-0.2, -0.15) is 0 Å². The van der Waals surface area contributed by atoms with Crippen molar-refractivity contribution < 1.29 is 72.5 Å². The van der Waals surface area contributed by atoms with Crippen LogP contribution >= 0.6 is 0 Å². The molecular formula is C54H88N12O15. The number of carbonyl (C=O) groups is 12. The number of hydrogen-bond donors (Lipinski definition) is 14. The third-order valence-electron chi connectivity index (χ3n) is 14.6. The number of esters is 1. The molecule has 1 fully saturated rings. The van der Waals surface area contributed by atoms with Gasteiger partial charge >= 0.3 is 5.97 Å². The lowest BCUT2D eigenvalue weighted by Gasteiger charge is -2.31. The molecule has 1 aliphatic heterocycles. The van der Waals surface area contributed by atoms with Crippen molar-refractivity contribution in [1.82, 2.24) is 58.5 Å². The summed E-state index contributed by atoms with van der Waals surface area (Å²) in [5, 5.41) is 48.7. The summed E-state index contributed by atoms with van der Waals surface area (Å²) in [4.78, 5) is 162. The molecule has 27 heteroatoms. The van der Waals surface area contributed by atoms with Crippen LogP contribution in [0.1, 0.15) is 113 Å². The maximum atomic E-state index is 14.3. The zero-order valence-electron chi connectivity index (χ0n) is 48.4. The van der Waals surface area contributed by atoms with Gasteiger partial charge in [-0.25, -0.2) is 4.79 Å². The minimum Gasteiger partial charge on any atom is -0.458 e. The average molecular weight is 1150 g/mol. The van der Waals surface area contributed by atoms with E-state index in [1.807, 2.05) is 30.3 Å². The van der Waals surface area contributed by atoms with Gasteiger partial charge < -0.3 is 79.2 Å². The highest BCUT2D eigenvalue weighted by Crippen LogP contribution is 2.16. The molecule has 15 atom stereocenters. The number of likely N-dealkylation sites (N-methyl/N-ethyl adjacent to an activating group) is 1. The second-order valence-electron chi connectivity index (χ2n) is 20.7. The summed E-state index contributed by atoms with van der Waals surface area (Å²) in [6, 6.07) is -4.83. The number of rotatable bonds is 30. The van der Waals surface area contributed by atoms with Crippen molar-refractivity contribution in [3.8, 4) is 0 Å². The molecule has 1 saturated heterocycles. The van der Waals surface area contributed by atoms with Crippen LogP contribution in [0.3, 0.4) is 0 Å². The zero-order chi connectivity index (χ0) is 61.3. The molecule has 0 spiro atoms. The van der Waals surface area contributed by atoms with Crippen molar-refractivity contribution in [3.05, 3.63) is 35.9 Å². The highest BCUT2D eigenvalue weighted by molar-refractivity contribution is 5.99. The second-order valence-corrected chi connectivity index (χ2v) is 20.7. The lowest BCUT2D eigenvalue weighted by Crippen LogP contribution is -2.63. The molecule has 11 amide bonds. The fourth-order valence-electron chi connectivity index (χ4n) is 8.33. The monoisotopic (exact) mass is 1140 g/mol.